The predicted octanol–water partition coefficient (Wildman–Crippen LogP) is 28.6. The average molecular weight is 1330 g/mol. The van der Waals surface area contributed by atoms with E-state index in [1.807, 2.05) is 182 Å². The first kappa shape index (κ1) is 62.7. The minimum atomic E-state index is -0.338. The Hall–Kier alpha value is -13.5. The molecule has 104 heavy (non-hydrogen) atoms. The topological polar surface area (TPSA) is 6.48 Å². The number of hydrogen-bond donors (Lipinski definition) is 0. The molecule has 0 N–H and O–H groups in total. The Labute approximate surface area is 603 Å². The van der Waals surface area contributed by atoms with Crippen LogP contribution in [0.2, 0.25) is 0 Å². The van der Waals surface area contributed by atoms with Crippen LogP contribution in [0.4, 0.5) is 42.9 Å². The van der Waals surface area contributed by atoms with E-state index in [4.69, 9.17) is 0 Å². The van der Waals surface area contributed by atoms with Crippen molar-refractivity contribution in [2.75, 3.05) is 9.80 Å². The Balaban J connectivity index is 0.000000179. The lowest BCUT2D eigenvalue weighted by molar-refractivity contribution is 0.629. The van der Waals surface area contributed by atoms with E-state index >= 15 is 8.78 Å². The van der Waals surface area contributed by atoms with E-state index in [9.17, 15) is 0 Å². The first-order chi connectivity index (χ1) is 51.5. The lowest BCUT2D eigenvalue weighted by Gasteiger charge is -2.31. The Morgan fingerprint density at radius 3 is 0.856 bits per heavy atom. The Kier molecular flexibility index (Phi) is 16.4. The molecule has 19 aromatic rings. The van der Waals surface area contributed by atoms with Gasteiger partial charge in [-0.2, -0.15) is 0 Å². The van der Waals surface area contributed by atoms with Gasteiger partial charge in [0.25, 0.3) is 0 Å². The van der Waals surface area contributed by atoms with Gasteiger partial charge in [-0.15, -0.1) is 0 Å². The first-order valence-electron chi connectivity index (χ1n) is 35.3. The first-order valence-corrected chi connectivity index (χ1v) is 35.3. The summed E-state index contributed by atoms with van der Waals surface area (Å²) in [5.41, 5.74) is 18.7. The van der Waals surface area contributed by atoms with Gasteiger partial charge in [0, 0.05) is 33.3 Å². The zero-order valence-electron chi connectivity index (χ0n) is 56.8. The van der Waals surface area contributed by atoms with Gasteiger partial charge >= 0.3 is 0 Å². The summed E-state index contributed by atoms with van der Waals surface area (Å²) < 4.78 is 35.2. The summed E-state index contributed by atoms with van der Waals surface area (Å²) in [4.78, 5) is 4.15. The highest BCUT2D eigenvalue weighted by molar-refractivity contribution is 6.29. The maximum absolute atomic E-state index is 17.6. The molecule has 0 aliphatic carbocycles. The van der Waals surface area contributed by atoms with Crippen LogP contribution in [0.1, 0.15) is 0 Å². The largest absolute Gasteiger partial charge is 0.307 e. The quantitative estimate of drug-likeness (QED) is 0.0838. The number of rotatable bonds is 13. The van der Waals surface area contributed by atoms with Gasteiger partial charge in [0.1, 0.15) is 11.6 Å². The molecule has 0 aromatic heterocycles. The zero-order valence-corrected chi connectivity index (χ0v) is 56.8. The summed E-state index contributed by atoms with van der Waals surface area (Å²) in [7, 11) is 0. The standard InChI is InChI=1S/C64H42F2N2.C36H24/c65-57-41-49(43-19-7-1-8-20-43)39-55(45-23-11-3-12-24-45)63(57)67(51-27-15-5-16-28-51)59-37-33-47-32-36-54-60(38-34-48-31-35-53(59)61(47)62(48)54)68(52-29-17-6-18-30-52)64-56(46-25-13-4-14-26-46)40-50(42-58(64)66)44-21-9-2-10-22-44;1-3-13-25(14-4-1)27-23-24-34(29-18-8-7-17-28(27)29)36-32-21-11-9-19-30(32)35(26-15-5-2-6-16-26)31-20-10-12-22-33(31)36/h1-42H;1-24H. The maximum Gasteiger partial charge on any atom is 0.148 e. The van der Waals surface area contributed by atoms with Gasteiger partial charge in [0.05, 0.1) is 22.7 Å². The molecular weight excluding hydrogens is 1270 g/mol. The van der Waals surface area contributed by atoms with Crippen molar-refractivity contribution in [2.45, 2.75) is 0 Å². The fourth-order valence-electron chi connectivity index (χ4n) is 15.7. The highest BCUT2D eigenvalue weighted by atomic mass is 19.1. The van der Waals surface area contributed by atoms with Crippen molar-refractivity contribution in [1.29, 1.82) is 0 Å². The van der Waals surface area contributed by atoms with E-state index in [1.54, 1.807) is 12.1 Å². The predicted molar refractivity (Wildman–Crippen MR) is 436 cm³/mol. The number of nitrogens with zero attached hydrogens (tertiary/aromatic N) is 2. The van der Waals surface area contributed by atoms with Crippen molar-refractivity contribution in [1.82, 2.24) is 0 Å². The number of hydrogen-bond acceptors (Lipinski definition) is 2. The van der Waals surface area contributed by atoms with Crippen molar-refractivity contribution in [3.05, 3.63) is 412 Å². The molecule has 2 nitrogen and oxygen atoms in total. The summed E-state index contributed by atoms with van der Waals surface area (Å²) >= 11 is 0. The number of anilines is 6. The van der Waals surface area contributed by atoms with Crippen molar-refractivity contribution < 1.29 is 8.78 Å². The van der Waals surface area contributed by atoms with Crippen LogP contribution in [-0.4, -0.2) is 0 Å². The highest BCUT2D eigenvalue weighted by Crippen LogP contribution is 2.53. The second-order valence-electron chi connectivity index (χ2n) is 26.4. The number of para-hydroxylation sites is 2. The van der Waals surface area contributed by atoms with Gasteiger partial charge in [-0.1, -0.05) is 340 Å². The third-order valence-corrected chi connectivity index (χ3v) is 20.4. The highest BCUT2D eigenvalue weighted by Gasteiger charge is 2.29. The summed E-state index contributed by atoms with van der Waals surface area (Å²) in [6.45, 7) is 0. The molecule has 19 aromatic carbocycles. The minimum absolute atomic E-state index is 0.338. The molecule has 0 aliphatic heterocycles. The fourth-order valence-corrected chi connectivity index (χ4v) is 15.7. The van der Waals surface area contributed by atoms with Crippen LogP contribution in [0.25, 0.3) is 143 Å². The van der Waals surface area contributed by atoms with Crippen LogP contribution in [-0.2, 0) is 0 Å². The lowest BCUT2D eigenvalue weighted by Crippen LogP contribution is -2.14. The smallest absolute Gasteiger partial charge is 0.148 e. The van der Waals surface area contributed by atoms with Crippen molar-refractivity contribution >= 4 is 98.8 Å². The molecule has 0 aliphatic rings. The molecule has 0 heterocycles. The van der Waals surface area contributed by atoms with Crippen LogP contribution < -0.4 is 9.80 Å². The molecule has 0 saturated carbocycles. The lowest BCUT2D eigenvalue weighted by atomic mass is 9.84. The maximum atomic E-state index is 17.6. The minimum Gasteiger partial charge on any atom is -0.307 e. The van der Waals surface area contributed by atoms with Crippen LogP contribution in [0, 0.1) is 11.6 Å². The molecule has 490 valence electrons. The Morgan fingerprint density at radius 2 is 0.471 bits per heavy atom. The second kappa shape index (κ2) is 27.2. The summed E-state index contributed by atoms with van der Waals surface area (Å²) in [6.07, 6.45) is 0. The molecule has 0 unspecified atom stereocenters. The van der Waals surface area contributed by atoms with E-state index < -0.39 is 0 Å². The van der Waals surface area contributed by atoms with E-state index in [1.165, 1.54) is 65.7 Å². The monoisotopic (exact) mass is 1330 g/mol. The molecule has 0 saturated heterocycles. The van der Waals surface area contributed by atoms with E-state index in [2.05, 4.69) is 216 Å². The molecule has 4 heteroatoms. The van der Waals surface area contributed by atoms with E-state index in [0.717, 1.165) is 99.6 Å². The van der Waals surface area contributed by atoms with Crippen molar-refractivity contribution in [3.63, 3.8) is 0 Å². The molecule has 0 atom stereocenters. The Bertz CT molecular complexity index is 6030. The molecule has 19 rings (SSSR count). The van der Waals surface area contributed by atoms with Crippen LogP contribution in [0.5, 0.6) is 0 Å². The Morgan fingerprint density at radius 1 is 0.183 bits per heavy atom. The van der Waals surface area contributed by atoms with Crippen LogP contribution in [0.3, 0.4) is 0 Å². The fraction of sp³-hybridized carbons (Fsp3) is 0. The van der Waals surface area contributed by atoms with Crippen molar-refractivity contribution in [2.24, 2.45) is 0 Å². The van der Waals surface area contributed by atoms with Gasteiger partial charge < -0.3 is 9.80 Å². The number of halogens is 2. The SMILES string of the molecule is Fc1cc(-c2ccccc2)cc(-c2ccccc2)c1N(c1ccccc1)c1ccc2ccc3c(N(c4ccccc4)c4c(F)cc(-c5ccccc5)cc4-c4ccccc4)ccc4ccc1c2c43.c1ccc(-c2ccc(-c3c4ccccc4c(-c4ccccc4)c4ccccc34)c3ccccc23)cc1. The third-order valence-electron chi connectivity index (χ3n) is 20.4. The molecular formula is C100H66F2N2. The van der Waals surface area contributed by atoms with Crippen LogP contribution >= 0.6 is 0 Å². The van der Waals surface area contributed by atoms with Crippen molar-refractivity contribution in [3.8, 4) is 77.9 Å². The zero-order chi connectivity index (χ0) is 69.5. The summed E-state index contributed by atoms with van der Waals surface area (Å²) in [5.74, 6) is -0.676. The molecule has 0 bridgehead atoms. The van der Waals surface area contributed by atoms with Crippen LogP contribution in [0.15, 0.2) is 400 Å². The van der Waals surface area contributed by atoms with Gasteiger partial charge in [-0.05, 0) is 181 Å². The molecule has 0 radical (unpaired) electrons. The molecule has 0 amide bonds. The third kappa shape index (κ3) is 11.3. The molecule has 0 spiro atoms. The van der Waals surface area contributed by atoms with Gasteiger partial charge in [-0.25, -0.2) is 8.78 Å². The van der Waals surface area contributed by atoms with Gasteiger partial charge in [-0.3, -0.25) is 0 Å². The van der Waals surface area contributed by atoms with E-state index in [0.29, 0.717) is 11.4 Å². The average Bonchev–Trinajstić information content (AvgIpc) is 0.720. The van der Waals surface area contributed by atoms with Gasteiger partial charge in [0.15, 0.2) is 0 Å². The summed E-state index contributed by atoms with van der Waals surface area (Å²) in [6, 6.07) is 138. The normalized spacial score (nSPS) is 11.4. The molecule has 0 fully saturated rings. The summed E-state index contributed by atoms with van der Waals surface area (Å²) in [5, 5.41) is 13.8. The number of benzene rings is 19. The van der Waals surface area contributed by atoms with E-state index in [-0.39, 0.29) is 11.6 Å². The van der Waals surface area contributed by atoms with Gasteiger partial charge in [0.2, 0.25) is 0 Å². The number of fused-ring (bicyclic) bond motifs is 3. The second-order valence-corrected chi connectivity index (χ2v) is 26.4.